The zero-order valence-corrected chi connectivity index (χ0v) is 12.2. The summed E-state index contributed by atoms with van der Waals surface area (Å²) in [4.78, 5) is 25.6. The van der Waals surface area contributed by atoms with E-state index in [1.807, 2.05) is 27.7 Å². The van der Waals surface area contributed by atoms with Gasteiger partial charge in [-0.3, -0.25) is 4.79 Å². The van der Waals surface area contributed by atoms with Gasteiger partial charge in [-0.1, -0.05) is 0 Å². The van der Waals surface area contributed by atoms with Crippen LogP contribution in [-0.2, 0) is 14.3 Å². The fourth-order valence-corrected chi connectivity index (χ4v) is 2.74. The Hall–Kier alpha value is -1.26. The normalized spacial score (nSPS) is 29.5. The minimum absolute atomic E-state index is 0.0937. The molecule has 2 rings (SSSR count). The van der Waals surface area contributed by atoms with Gasteiger partial charge >= 0.3 is 12.1 Å². The van der Waals surface area contributed by atoms with E-state index in [9.17, 15) is 9.59 Å². The topological polar surface area (TPSA) is 55.8 Å². The molecule has 0 aromatic rings. The molecule has 5 nitrogen and oxygen atoms in total. The minimum Gasteiger partial charge on any atom is -0.466 e. The molecule has 1 aliphatic heterocycles. The molecule has 0 spiro atoms. The number of amides is 1. The first-order valence-corrected chi connectivity index (χ1v) is 6.93. The quantitative estimate of drug-likeness (QED) is 0.721. The first-order valence-electron chi connectivity index (χ1n) is 6.93. The van der Waals surface area contributed by atoms with E-state index in [4.69, 9.17) is 9.47 Å². The molecule has 1 heterocycles. The van der Waals surface area contributed by atoms with Gasteiger partial charge in [0.2, 0.25) is 0 Å². The maximum atomic E-state index is 12.0. The van der Waals surface area contributed by atoms with Crippen LogP contribution < -0.4 is 0 Å². The van der Waals surface area contributed by atoms with E-state index in [0.717, 1.165) is 6.42 Å². The summed E-state index contributed by atoms with van der Waals surface area (Å²) in [6, 6.07) is 0. The van der Waals surface area contributed by atoms with Crippen LogP contribution >= 0.6 is 0 Å². The minimum atomic E-state index is -0.476. The monoisotopic (exact) mass is 269 g/mol. The van der Waals surface area contributed by atoms with E-state index in [-0.39, 0.29) is 23.4 Å². The average molecular weight is 269 g/mol. The summed E-state index contributed by atoms with van der Waals surface area (Å²) in [6.07, 6.45) is 1.25. The van der Waals surface area contributed by atoms with E-state index in [1.54, 1.807) is 4.90 Å². The number of likely N-dealkylation sites (tertiary alicyclic amines) is 1. The van der Waals surface area contributed by atoms with Gasteiger partial charge in [-0.05, 0) is 46.5 Å². The smallest absolute Gasteiger partial charge is 0.410 e. The van der Waals surface area contributed by atoms with Gasteiger partial charge in [-0.2, -0.15) is 0 Å². The van der Waals surface area contributed by atoms with Crippen LogP contribution in [0.25, 0.3) is 0 Å². The van der Waals surface area contributed by atoms with Gasteiger partial charge < -0.3 is 14.4 Å². The molecule has 0 aromatic carbocycles. The summed E-state index contributed by atoms with van der Waals surface area (Å²) >= 11 is 0. The first-order chi connectivity index (χ1) is 8.78. The van der Waals surface area contributed by atoms with E-state index in [0.29, 0.717) is 26.1 Å². The Kier molecular flexibility index (Phi) is 3.49. The van der Waals surface area contributed by atoms with Crippen molar-refractivity contribution in [3.63, 3.8) is 0 Å². The van der Waals surface area contributed by atoms with Crippen molar-refractivity contribution in [2.45, 2.75) is 46.1 Å². The molecule has 108 valence electrons. The first kappa shape index (κ1) is 14.2. The largest absolute Gasteiger partial charge is 0.466 e. The van der Waals surface area contributed by atoms with Crippen LogP contribution in [0.1, 0.15) is 40.5 Å². The molecule has 0 aromatic heterocycles. The standard InChI is InChI=1S/C14H23NO4/c1-5-18-11(16)14-6-7-15(9-10(14)8-14)12(17)19-13(2,3)4/h10H,5-9H2,1-4H3/t10-,14+/m1/s1. The molecular weight excluding hydrogens is 246 g/mol. The zero-order chi connectivity index (χ0) is 14.3. The second-order valence-electron chi connectivity index (χ2n) is 6.45. The van der Waals surface area contributed by atoms with Crippen molar-refractivity contribution >= 4 is 12.1 Å². The van der Waals surface area contributed by atoms with Crippen LogP contribution in [0.15, 0.2) is 0 Å². The van der Waals surface area contributed by atoms with Crippen molar-refractivity contribution in [3.05, 3.63) is 0 Å². The Balaban J connectivity index is 1.90. The molecule has 19 heavy (non-hydrogen) atoms. The predicted molar refractivity (Wildman–Crippen MR) is 69.6 cm³/mol. The number of hydrogen-bond acceptors (Lipinski definition) is 4. The number of hydrogen-bond donors (Lipinski definition) is 0. The molecule has 1 aliphatic carbocycles. The van der Waals surface area contributed by atoms with Gasteiger partial charge in [0.15, 0.2) is 0 Å². The van der Waals surface area contributed by atoms with Crippen molar-refractivity contribution in [2.24, 2.45) is 11.3 Å². The van der Waals surface area contributed by atoms with Crippen molar-refractivity contribution in [2.75, 3.05) is 19.7 Å². The molecule has 1 amide bonds. The van der Waals surface area contributed by atoms with E-state index < -0.39 is 5.60 Å². The van der Waals surface area contributed by atoms with Crippen molar-refractivity contribution in [3.8, 4) is 0 Å². The number of ether oxygens (including phenoxy) is 2. The van der Waals surface area contributed by atoms with Gasteiger partial charge in [-0.15, -0.1) is 0 Å². The number of carbonyl (C=O) groups excluding carboxylic acids is 2. The summed E-state index contributed by atoms with van der Waals surface area (Å²) in [5.41, 5.74) is -0.787. The van der Waals surface area contributed by atoms with Gasteiger partial charge in [-0.25, -0.2) is 4.79 Å². The molecule has 0 N–H and O–H groups in total. The van der Waals surface area contributed by atoms with Crippen LogP contribution in [0.4, 0.5) is 4.79 Å². The molecule has 0 bridgehead atoms. The lowest BCUT2D eigenvalue weighted by Crippen LogP contribution is -2.44. The van der Waals surface area contributed by atoms with Crippen LogP contribution in [0.3, 0.4) is 0 Å². The molecule has 2 atom stereocenters. The summed E-state index contributed by atoms with van der Waals surface area (Å²) in [5.74, 6) is 0.150. The molecule has 1 saturated heterocycles. The highest BCUT2D eigenvalue weighted by molar-refractivity contribution is 5.81. The fourth-order valence-electron chi connectivity index (χ4n) is 2.74. The van der Waals surface area contributed by atoms with Gasteiger partial charge in [0, 0.05) is 13.1 Å². The fraction of sp³-hybridized carbons (Fsp3) is 0.857. The molecule has 1 saturated carbocycles. The molecule has 2 fully saturated rings. The number of nitrogens with zero attached hydrogens (tertiary/aromatic N) is 1. The second kappa shape index (κ2) is 4.69. The lowest BCUT2D eigenvalue weighted by atomic mass is 9.95. The Bertz CT molecular complexity index is 387. The number of carbonyl (C=O) groups is 2. The lowest BCUT2D eigenvalue weighted by Gasteiger charge is -2.32. The Morgan fingerprint density at radius 1 is 1.37 bits per heavy atom. The second-order valence-corrected chi connectivity index (χ2v) is 6.45. The lowest BCUT2D eigenvalue weighted by molar-refractivity contribution is -0.151. The Morgan fingerprint density at radius 2 is 2.05 bits per heavy atom. The van der Waals surface area contributed by atoms with Crippen LogP contribution in [0, 0.1) is 11.3 Å². The maximum absolute atomic E-state index is 12.0. The Labute approximate surface area is 114 Å². The molecule has 0 unspecified atom stereocenters. The van der Waals surface area contributed by atoms with Crippen LogP contribution in [0.5, 0.6) is 0 Å². The number of esters is 1. The number of fused-ring (bicyclic) bond motifs is 1. The summed E-state index contributed by atoms with van der Waals surface area (Å²) < 4.78 is 10.5. The van der Waals surface area contributed by atoms with E-state index >= 15 is 0 Å². The third kappa shape index (κ3) is 2.85. The summed E-state index contributed by atoms with van der Waals surface area (Å²) in [6.45, 7) is 8.99. The number of piperidine rings is 1. The highest BCUT2D eigenvalue weighted by Gasteiger charge is 2.63. The predicted octanol–water partition coefficient (Wildman–Crippen LogP) is 2.20. The van der Waals surface area contributed by atoms with Crippen molar-refractivity contribution in [1.82, 2.24) is 4.90 Å². The zero-order valence-electron chi connectivity index (χ0n) is 12.2. The van der Waals surface area contributed by atoms with Crippen LogP contribution in [-0.4, -0.2) is 42.3 Å². The van der Waals surface area contributed by atoms with E-state index in [1.165, 1.54) is 0 Å². The molecule has 0 radical (unpaired) electrons. The highest BCUT2D eigenvalue weighted by atomic mass is 16.6. The third-order valence-electron chi connectivity index (χ3n) is 3.83. The average Bonchev–Trinajstić information content (AvgIpc) is 3.01. The van der Waals surface area contributed by atoms with Crippen molar-refractivity contribution < 1.29 is 19.1 Å². The number of rotatable bonds is 2. The van der Waals surface area contributed by atoms with Crippen LogP contribution in [0.2, 0.25) is 0 Å². The SMILES string of the molecule is CCOC(=O)[C@]12CCN(C(=O)OC(C)(C)C)C[C@H]1C2. The Morgan fingerprint density at radius 3 is 2.58 bits per heavy atom. The van der Waals surface area contributed by atoms with Gasteiger partial charge in [0.1, 0.15) is 5.60 Å². The molecule has 5 heteroatoms. The molecule has 2 aliphatic rings. The van der Waals surface area contributed by atoms with E-state index in [2.05, 4.69) is 0 Å². The highest BCUT2D eigenvalue weighted by Crippen LogP contribution is 2.58. The van der Waals surface area contributed by atoms with Crippen molar-refractivity contribution in [1.29, 1.82) is 0 Å². The van der Waals surface area contributed by atoms with Gasteiger partial charge in [0.05, 0.1) is 12.0 Å². The molecular formula is C14H23NO4. The van der Waals surface area contributed by atoms with Gasteiger partial charge in [0.25, 0.3) is 0 Å². The summed E-state index contributed by atoms with van der Waals surface area (Å²) in [7, 11) is 0. The summed E-state index contributed by atoms with van der Waals surface area (Å²) in [5, 5.41) is 0. The third-order valence-corrected chi connectivity index (χ3v) is 3.83. The maximum Gasteiger partial charge on any atom is 0.410 e.